The van der Waals surface area contributed by atoms with Gasteiger partial charge in [0.25, 0.3) is 0 Å². The molecule has 1 saturated carbocycles. The summed E-state index contributed by atoms with van der Waals surface area (Å²) in [6.07, 6.45) is 3.89. The molecule has 1 aromatic rings. The van der Waals surface area contributed by atoms with Crippen LogP contribution >= 0.6 is 0 Å². The number of esters is 1. The molecule has 0 saturated heterocycles. The minimum Gasteiger partial charge on any atom is -0.468 e. The summed E-state index contributed by atoms with van der Waals surface area (Å²) in [6.45, 7) is 0. The molecular formula is C11H16N2O2. The van der Waals surface area contributed by atoms with Gasteiger partial charge in [-0.3, -0.25) is 4.79 Å². The Morgan fingerprint density at radius 3 is 2.73 bits per heavy atom. The van der Waals surface area contributed by atoms with Gasteiger partial charge < -0.3 is 15.0 Å². The SMILES string of the molecule is COC(=O)C(N)C1(c2cccn2C)CC1. The van der Waals surface area contributed by atoms with Crippen molar-refractivity contribution in [2.75, 3.05) is 7.11 Å². The largest absolute Gasteiger partial charge is 0.468 e. The Labute approximate surface area is 89.0 Å². The molecule has 1 aliphatic rings. The lowest BCUT2D eigenvalue weighted by atomic mass is 9.93. The van der Waals surface area contributed by atoms with Crippen LogP contribution in [0.3, 0.4) is 0 Å². The molecule has 1 aliphatic carbocycles. The maximum absolute atomic E-state index is 11.4. The monoisotopic (exact) mass is 208 g/mol. The van der Waals surface area contributed by atoms with Crippen LogP contribution in [0.4, 0.5) is 0 Å². The minimum absolute atomic E-state index is 0.189. The summed E-state index contributed by atoms with van der Waals surface area (Å²) in [4.78, 5) is 11.4. The average Bonchev–Trinajstić information content (AvgIpc) is 2.94. The van der Waals surface area contributed by atoms with Crippen LogP contribution in [0.5, 0.6) is 0 Å². The first-order chi connectivity index (χ1) is 7.12. The third-order valence-corrected chi connectivity index (χ3v) is 3.29. The van der Waals surface area contributed by atoms with Crippen molar-refractivity contribution >= 4 is 5.97 Å². The van der Waals surface area contributed by atoms with Crippen LogP contribution in [0.2, 0.25) is 0 Å². The Balaban J connectivity index is 2.28. The Hall–Kier alpha value is -1.29. The van der Waals surface area contributed by atoms with Crippen LogP contribution in [0, 0.1) is 0 Å². The Morgan fingerprint density at radius 2 is 2.33 bits per heavy atom. The standard InChI is InChI=1S/C11H16N2O2/c1-13-7-3-4-8(13)11(5-6-11)9(12)10(14)15-2/h3-4,7,9H,5-6,12H2,1-2H3. The van der Waals surface area contributed by atoms with Crippen LogP contribution in [-0.2, 0) is 22.0 Å². The number of nitrogens with two attached hydrogens (primary N) is 1. The zero-order valence-corrected chi connectivity index (χ0v) is 9.06. The summed E-state index contributed by atoms with van der Waals surface area (Å²) >= 11 is 0. The number of carbonyl (C=O) groups excluding carboxylic acids is 1. The van der Waals surface area contributed by atoms with Gasteiger partial charge in [-0.25, -0.2) is 0 Å². The van der Waals surface area contributed by atoms with Crippen LogP contribution in [0.15, 0.2) is 18.3 Å². The van der Waals surface area contributed by atoms with E-state index < -0.39 is 6.04 Å². The van der Waals surface area contributed by atoms with Crippen molar-refractivity contribution in [2.24, 2.45) is 12.8 Å². The molecule has 1 atom stereocenters. The van der Waals surface area contributed by atoms with E-state index in [-0.39, 0.29) is 11.4 Å². The van der Waals surface area contributed by atoms with E-state index in [4.69, 9.17) is 10.5 Å². The van der Waals surface area contributed by atoms with Gasteiger partial charge in [-0.1, -0.05) is 0 Å². The number of rotatable bonds is 3. The van der Waals surface area contributed by atoms with E-state index in [0.29, 0.717) is 0 Å². The van der Waals surface area contributed by atoms with Crippen LogP contribution < -0.4 is 5.73 Å². The van der Waals surface area contributed by atoms with E-state index in [2.05, 4.69) is 0 Å². The van der Waals surface area contributed by atoms with E-state index in [1.807, 2.05) is 29.9 Å². The maximum Gasteiger partial charge on any atom is 0.323 e. The molecule has 82 valence electrons. The van der Waals surface area contributed by atoms with Gasteiger partial charge >= 0.3 is 5.97 Å². The van der Waals surface area contributed by atoms with Crippen molar-refractivity contribution in [1.29, 1.82) is 0 Å². The third-order valence-electron chi connectivity index (χ3n) is 3.29. The molecule has 2 rings (SSSR count). The van der Waals surface area contributed by atoms with Crippen molar-refractivity contribution in [3.63, 3.8) is 0 Å². The van der Waals surface area contributed by atoms with Crippen molar-refractivity contribution in [3.8, 4) is 0 Å². The number of aromatic nitrogens is 1. The third kappa shape index (κ3) is 1.45. The molecule has 1 unspecified atom stereocenters. The number of ether oxygens (including phenoxy) is 1. The molecule has 15 heavy (non-hydrogen) atoms. The van der Waals surface area contributed by atoms with Gasteiger partial charge in [-0.15, -0.1) is 0 Å². The lowest BCUT2D eigenvalue weighted by molar-refractivity contribution is -0.143. The first-order valence-corrected chi connectivity index (χ1v) is 5.07. The molecular weight excluding hydrogens is 192 g/mol. The normalized spacial score (nSPS) is 19.7. The average molecular weight is 208 g/mol. The summed E-state index contributed by atoms with van der Waals surface area (Å²) < 4.78 is 6.73. The minimum atomic E-state index is -0.545. The zero-order chi connectivity index (χ0) is 11.1. The van der Waals surface area contributed by atoms with E-state index in [1.165, 1.54) is 7.11 Å². The molecule has 0 bridgehead atoms. The first-order valence-electron chi connectivity index (χ1n) is 5.07. The van der Waals surface area contributed by atoms with Gasteiger partial charge in [0, 0.05) is 24.4 Å². The molecule has 0 spiro atoms. The van der Waals surface area contributed by atoms with Gasteiger partial charge in [0.2, 0.25) is 0 Å². The highest BCUT2D eigenvalue weighted by atomic mass is 16.5. The molecule has 4 heteroatoms. The smallest absolute Gasteiger partial charge is 0.323 e. The van der Waals surface area contributed by atoms with E-state index in [0.717, 1.165) is 18.5 Å². The van der Waals surface area contributed by atoms with Crippen LogP contribution in [-0.4, -0.2) is 23.7 Å². The molecule has 2 N–H and O–H groups in total. The quantitative estimate of drug-likeness (QED) is 0.738. The number of carbonyl (C=O) groups is 1. The number of nitrogens with zero attached hydrogens (tertiary/aromatic N) is 1. The molecule has 1 heterocycles. The second kappa shape index (κ2) is 3.38. The summed E-state index contributed by atoms with van der Waals surface area (Å²) in [5.74, 6) is -0.325. The Morgan fingerprint density at radius 1 is 1.67 bits per heavy atom. The number of aryl methyl sites for hydroxylation is 1. The molecule has 0 aliphatic heterocycles. The van der Waals surface area contributed by atoms with Gasteiger partial charge in [0.05, 0.1) is 7.11 Å². The first kappa shape index (κ1) is 10.2. The molecule has 0 radical (unpaired) electrons. The molecule has 0 amide bonds. The van der Waals surface area contributed by atoms with Gasteiger partial charge in [-0.05, 0) is 25.0 Å². The lowest BCUT2D eigenvalue weighted by Crippen LogP contribution is -2.43. The lowest BCUT2D eigenvalue weighted by Gasteiger charge is -2.21. The maximum atomic E-state index is 11.4. The van der Waals surface area contributed by atoms with Crippen molar-refractivity contribution in [1.82, 2.24) is 4.57 Å². The fourth-order valence-electron chi connectivity index (χ4n) is 2.19. The molecule has 1 aromatic heterocycles. The molecule has 0 aromatic carbocycles. The highest BCUT2D eigenvalue weighted by Crippen LogP contribution is 2.50. The van der Waals surface area contributed by atoms with Gasteiger partial charge in [-0.2, -0.15) is 0 Å². The highest BCUT2D eigenvalue weighted by molar-refractivity contribution is 5.78. The van der Waals surface area contributed by atoms with Crippen LogP contribution in [0.25, 0.3) is 0 Å². The van der Waals surface area contributed by atoms with Crippen molar-refractivity contribution < 1.29 is 9.53 Å². The predicted octanol–water partition coefficient (Wildman–Crippen LogP) is 0.557. The number of hydrogen-bond donors (Lipinski definition) is 1. The van der Waals surface area contributed by atoms with Crippen LogP contribution in [0.1, 0.15) is 18.5 Å². The van der Waals surface area contributed by atoms with Gasteiger partial charge in [0.15, 0.2) is 0 Å². The fraction of sp³-hybridized carbons (Fsp3) is 0.545. The fourth-order valence-corrected chi connectivity index (χ4v) is 2.19. The van der Waals surface area contributed by atoms with Crippen molar-refractivity contribution in [2.45, 2.75) is 24.3 Å². The number of hydrogen-bond acceptors (Lipinski definition) is 3. The van der Waals surface area contributed by atoms with E-state index in [1.54, 1.807) is 0 Å². The predicted molar refractivity (Wildman–Crippen MR) is 56.3 cm³/mol. The van der Waals surface area contributed by atoms with Crippen molar-refractivity contribution in [3.05, 3.63) is 24.0 Å². The number of methoxy groups -OCH3 is 1. The zero-order valence-electron chi connectivity index (χ0n) is 9.06. The van der Waals surface area contributed by atoms with Gasteiger partial charge in [0.1, 0.15) is 6.04 Å². The molecule has 4 nitrogen and oxygen atoms in total. The Bertz CT molecular complexity index is 380. The van der Waals surface area contributed by atoms with E-state index in [9.17, 15) is 4.79 Å². The van der Waals surface area contributed by atoms with E-state index >= 15 is 0 Å². The Kier molecular flexibility index (Phi) is 2.31. The topological polar surface area (TPSA) is 57.2 Å². The second-order valence-corrected chi connectivity index (χ2v) is 4.16. The highest BCUT2D eigenvalue weighted by Gasteiger charge is 2.54. The second-order valence-electron chi connectivity index (χ2n) is 4.16. The molecule has 1 fully saturated rings. The summed E-state index contributed by atoms with van der Waals surface area (Å²) in [6, 6.07) is 3.45. The summed E-state index contributed by atoms with van der Waals surface area (Å²) in [5, 5.41) is 0. The summed E-state index contributed by atoms with van der Waals surface area (Å²) in [7, 11) is 3.35. The summed E-state index contributed by atoms with van der Waals surface area (Å²) in [5.41, 5.74) is 6.88.